The standard InChI is InChI=1S/C33H41FN6O2/c1-6-39-16-18-40(19-17-39)21-24-9-11-25(12-10-24)37-32-29(33(41)38(4)5)31(22(2)8-7-15-35-32)42-28-14-13-27-26(30(28)34)20-23(3)36-27/h7,9-15,20,22,36H,6,8,16-19,21H2,1-5H3,(H,35,37)/b15-7+,31-29-. The minimum atomic E-state index is -0.469. The average Bonchev–Trinajstić information content (AvgIpc) is 3.37. The molecular weight excluding hydrogens is 531 g/mol. The highest BCUT2D eigenvalue weighted by atomic mass is 19.1. The van der Waals surface area contributed by atoms with E-state index in [1.165, 1.54) is 10.5 Å². The van der Waals surface area contributed by atoms with Crippen LogP contribution in [0.15, 0.2) is 71.1 Å². The van der Waals surface area contributed by atoms with Crippen LogP contribution >= 0.6 is 0 Å². The quantitative estimate of drug-likeness (QED) is 0.389. The van der Waals surface area contributed by atoms with E-state index in [2.05, 4.69) is 44.1 Å². The summed E-state index contributed by atoms with van der Waals surface area (Å²) in [4.78, 5) is 27.9. The van der Waals surface area contributed by atoms with E-state index in [-0.39, 0.29) is 23.1 Å². The Kier molecular flexibility index (Phi) is 9.09. The molecule has 222 valence electrons. The maximum atomic E-state index is 15.6. The van der Waals surface area contributed by atoms with E-state index >= 15 is 4.39 Å². The molecule has 0 spiro atoms. The molecule has 1 amide bonds. The van der Waals surface area contributed by atoms with Gasteiger partial charge in [-0.2, -0.15) is 0 Å². The van der Waals surface area contributed by atoms with Crippen LogP contribution in [0, 0.1) is 18.7 Å². The van der Waals surface area contributed by atoms with Gasteiger partial charge in [-0.3, -0.25) is 9.69 Å². The molecule has 0 saturated carbocycles. The van der Waals surface area contributed by atoms with Crippen molar-refractivity contribution in [3.8, 4) is 5.75 Å². The summed E-state index contributed by atoms with van der Waals surface area (Å²) < 4.78 is 21.9. The number of H-pyrrole nitrogens is 1. The number of aryl methyl sites for hydroxylation is 1. The van der Waals surface area contributed by atoms with Gasteiger partial charge in [-0.05, 0) is 55.8 Å². The van der Waals surface area contributed by atoms with Crippen molar-refractivity contribution in [2.45, 2.75) is 33.7 Å². The summed E-state index contributed by atoms with van der Waals surface area (Å²) in [6.07, 6.45) is 4.23. The number of allylic oxidation sites excluding steroid dienone is 2. The number of aromatic amines is 1. The number of ether oxygens (including phenoxy) is 1. The molecule has 0 aliphatic carbocycles. The Bertz CT molecular complexity index is 1510. The molecule has 2 aliphatic heterocycles. The fraction of sp³-hybridized carbons (Fsp3) is 0.394. The van der Waals surface area contributed by atoms with Gasteiger partial charge in [0.2, 0.25) is 0 Å². The Morgan fingerprint density at radius 1 is 1.12 bits per heavy atom. The van der Waals surface area contributed by atoms with Crippen LogP contribution < -0.4 is 10.1 Å². The molecular formula is C33H41FN6O2. The topological polar surface area (TPSA) is 76.2 Å². The number of nitrogens with one attached hydrogen (secondary N) is 2. The van der Waals surface area contributed by atoms with Crippen LogP contribution in [-0.4, -0.2) is 78.2 Å². The molecule has 3 aromatic rings. The minimum Gasteiger partial charge on any atom is -0.457 e. The van der Waals surface area contributed by atoms with Crippen LogP contribution in [0.3, 0.4) is 0 Å². The average molecular weight is 573 g/mol. The zero-order valence-electron chi connectivity index (χ0n) is 25.2. The Morgan fingerprint density at radius 3 is 2.52 bits per heavy atom. The second-order valence-corrected chi connectivity index (χ2v) is 11.4. The molecule has 1 saturated heterocycles. The molecule has 3 heterocycles. The lowest BCUT2D eigenvalue weighted by molar-refractivity contribution is -0.124. The van der Waals surface area contributed by atoms with Gasteiger partial charge in [-0.15, -0.1) is 0 Å². The van der Waals surface area contributed by atoms with Gasteiger partial charge in [0.15, 0.2) is 11.6 Å². The third-order valence-corrected chi connectivity index (χ3v) is 7.94. The highest BCUT2D eigenvalue weighted by Crippen LogP contribution is 2.32. The van der Waals surface area contributed by atoms with E-state index in [0.717, 1.165) is 50.6 Å². The molecule has 1 fully saturated rings. The lowest BCUT2D eigenvalue weighted by Crippen LogP contribution is -2.45. The van der Waals surface area contributed by atoms with Crippen molar-refractivity contribution in [1.29, 1.82) is 0 Å². The number of aliphatic imine (C=N–C) groups is 1. The van der Waals surface area contributed by atoms with Gasteiger partial charge in [0, 0.05) is 81.2 Å². The van der Waals surface area contributed by atoms with Gasteiger partial charge >= 0.3 is 0 Å². The van der Waals surface area contributed by atoms with Crippen molar-refractivity contribution in [1.82, 2.24) is 19.7 Å². The number of halogens is 1. The fourth-order valence-electron chi connectivity index (χ4n) is 5.44. The smallest absolute Gasteiger partial charge is 0.260 e. The Labute approximate surface area is 247 Å². The number of amides is 1. The third-order valence-electron chi connectivity index (χ3n) is 7.94. The van der Waals surface area contributed by atoms with Crippen molar-refractivity contribution in [3.05, 3.63) is 83.1 Å². The van der Waals surface area contributed by atoms with Crippen molar-refractivity contribution >= 4 is 28.3 Å². The van der Waals surface area contributed by atoms with E-state index in [1.807, 2.05) is 32.1 Å². The summed E-state index contributed by atoms with van der Waals surface area (Å²) in [6.45, 7) is 12.4. The van der Waals surface area contributed by atoms with Crippen molar-refractivity contribution in [3.63, 3.8) is 0 Å². The molecule has 1 aromatic heterocycles. The molecule has 1 atom stereocenters. The number of likely N-dealkylation sites (N-methyl/N-ethyl adjacent to an activating group) is 2. The van der Waals surface area contributed by atoms with Gasteiger partial charge in [0.1, 0.15) is 17.2 Å². The van der Waals surface area contributed by atoms with Gasteiger partial charge < -0.3 is 24.8 Å². The molecule has 0 radical (unpaired) electrons. The Morgan fingerprint density at radius 2 is 1.83 bits per heavy atom. The van der Waals surface area contributed by atoms with Crippen LogP contribution in [0.25, 0.3) is 10.9 Å². The SMILES string of the molecule is CCN1CCN(Cc2ccc(NC3=N/C=C/CC(C)/C(Oc4ccc5[nH]c(C)cc5c4F)=C\3C(=O)N(C)C)cc2)CC1. The molecule has 1 unspecified atom stereocenters. The molecule has 8 nitrogen and oxygen atoms in total. The maximum absolute atomic E-state index is 15.6. The molecule has 2 aromatic carbocycles. The first kappa shape index (κ1) is 29.5. The number of amidine groups is 1. The second-order valence-electron chi connectivity index (χ2n) is 11.4. The summed E-state index contributed by atoms with van der Waals surface area (Å²) in [6, 6.07) is 13.4. The summed E-state index contributed by atoms with van der Waals surface area (Å²) in [7, 11) is 3.38. The second kappa shape index (κ2) is 12.9. The van der Waals surface area contributed by atoms with Crippen LogP contribution in [0.2, 0.25) is 0 Å². The fourth-order valence-corrected chi connectivity index (χ4v) is 5.44. The number of piperazine rings is 1. The number of aromatic nitrogens is 1. The molecule has 42 heavy (non-hydrogen) atoms. The number of hydrogen-bond acceptors (Lipinski definition) is 6. The van der Waals surface area contributed by atoms with Gasteiger partial charge in [0.05, 0.1) is 0 Å². The van der Waals surface area contributed by atoms with E-state index < -0.39 is 5.82 Å². The number of carbonyl (C=O) groups is 1. The molecule has 2 aliphatic rings. The predicted molar refractivity (Wildman–Crippen MR) is 167 cm³/mol. The van der Waals surface area contributed by atoms with Crippen molar-refractivity contribution in [2.24, 2.45) is 10.9 Å². The lowest BCUT2D eigenvalue weighted by atomic mass is 9.98. The number of nitrogens with zero attached hydrogens (tertiary/aromatic N) is 4. The van der Waals surface area contributed by atoms with Gasteiger partial charge in [-0.1, -0.05) is 32.1 Å². The van der Waals surface area contributed by atoms with E-state index in [0.29, 0.717) is 28.9 Å². The van der Waals surface area contributed by atoms with E-state index in [1.54, 1.807) is 38.5 Å². The molecule has 2 N–H and O–H groups in total. The Balaban J connectivity index is 1.44. The van der Waals surface area contributed by atoms with Crippen molar-refractivity contribution in [2.75, 3.05) is 52.1 Å². The number of fused-ring (bicyclic) bond motifs is 1. The zero-order chi connectivity index (χ0) is 29.8. The normalized spacial score (nSPS) is 22.2. The molecule has 0 bridgehead atoms. The number of anilines is 1. The van der Waals surface area contributed by atoms with Crippen LogP contribution in [0.4, 0.5) is 10.1 Å². The largest absolute Gasteiger partial charge is 0.457 e. The van der Waals surface area contributed by atoms with Crippen LogP contribution in [-0.2, 0) is 11.3 Å². The summed E-state index contributed by atoms with van der Waals surface area (Å²) in [5.74, 6) is -0.151. The summed E-state index contributed by atoms with van der Waals surface area (Å²) in [5, 5.41) is 3.81. The highest BCUT2D eigenvalue weighted by molar-refractivity contribution is 6.25. The van der Waals surface area contributed by atoms with Crippen LogP contribution in [0.1, 0.15) is 31.5 Å². The van der Waals surface area contributed by atoms with Crippen LogP contribution in [0.5, 0.6) is 5.75 Å². The highest BCUT2D eigenvalue weighted by Gasteiger charge is 2.29. The maximum Gasteiger partial charge on any atom is 0.260 e. The summed E-state index contributed by atoms with van der Waals surface area (Å²) in [5.41, 5.74) is 3.86. The first-order valence-corrected chi connectivity index (χ1v) is 14.7. The predicted octanol–water partition coefficient (Wildman–Crippen LogP) is 5.54. The lowest BCUT2D eigenvalue weighted by Gasteiger charge is -2.34. The van der Waals surface area contributed by atoms with E-state index in [9.17, 15) is 4.79 Å². The first-order chi connectivity index (χ1) is 20.2. The van der Waals surface area contributed by atoms with E-state index in [4.69, 9.17) is 4.74 Å². The molecule has 5 rings (SSSR count). The Hall–Kier alpha value is -3.95. The number of hydrogen-bond donors (Lipinski definition) is 2. The number of carbonyl (C=O) groups excluding carboxylic acids is 1. The number of benzene rings is 2. The van der Waals surface area contributed by atoms with Gasteiger partial charge in [-0.25, -0.2) is 9.38 Å². The van der Waals surface area contributed by atoms with Gasteiger partial charge in [0.25, 0.3) is 5.91 Å². The first-order valence-electron chi connectivity index (χ1n) is 14.7. The zero-order valence-corrected chi connectivity index (χ0v) is 25.2. The third kappa shape index (κ3) is 6.58. The minimum absolute atomic E-state index is 0.0698. The molecule has 9 heteroatoms. The summed E-state index contributed by atoms with van der Waals surface area (Å²) >= 11 is 0. The van der Waals surface area contributed by atoms with Crippen molar-refractivity contribution < 1.29 is 13.9 Å². The number of rotatable bonds is 7. The monoisotopic (exact) mass is 572 g/mol.